The molecule has 230 valence electrons. The third kappa shape index (κ3) is 8.60. The van der Waals surface area contributed by atoms with E-state index in [1.165, 1.54) is 0 Å². The summed E-state index contributed by atoms with van der Waals surface area (Å²) in [7, 11) is 5.25. The van der Waals surface area contributed by atoms with Gasteiger partial charge in [-0.05, 0) is 41.0 Å². The van der Waals surface area contributed by atoms with Crippen LogP contribution in [0.2, 0.25) is 0 Å². The molecule has 9 nitrogen and oxygen atoms in total. The summed E-state index contributed by atoms with van der Waals surface area (Å²) in [5.41, 5.74) is 9.65. The van der Waals surface area contributed by atoms with Crippen LogP contribution in [-0.2, 0) is 14.3 Å². The van der Waals surface area contributed by atoms with Gasteiger partial charge in [-0.25, -0.2) is 0 Å². The lowest BCUT2D eigenvalue weighted by Crippen LogP contribution is -2.47. The smallest absolute Gasteiger partial charge is 0.253 e. The lowest BCUT2D eigenvalue weighted by molar-refractivity contribution is -0.133. The van der Waals surface area contributed by atoms with E-state index in [1.807, 2.05) is 42.5 Å². The second-order valence-electron chi connectivity index (χ2n) is 11.0. The fourth-order valence-corrected chi connectivity index (χ4v) is 5.52. The number of halogens is 2. The van der Waals surface area contributed by atoms with Gasteiger partial charge in [0.25, 0.3) is 5.91 Å². The molecule has 3 atom stereocenters. The van der Waals surface area contributed by atoms with Crippen LogP contribution in [0.3, 0.4) is 0 Å². The number of hydrogen-bond acceptors (Lipinski definition) is 6. The van der Waals surface area contributed by atoms with Crippen molar-refractivity contribution >= 4 is 40.9 Å². The standard InChI is InChI=1S/C32H39Cl2N5O4/c1-36(2)32(42)25-6-4-5-24(17-25)22-7-9-23(10-8-22)29(19-38-13-15-43-16-14-38)37(3)31(41)21-39(20-30(35)40)26-11-12-27(33)28(34)18-26/h4-12,17-18,27-29H,13-16,19-21H2,1-3H3,(H2,35,40). The minimum Gasteiger partial charge on any atom is -0.379 e. The normalized spacial score (nSPS) is 19.3. The van der Waals surface area contributed by atoms with Crippen molar-refractivity contribution in [3.05, 3.63) is 83.6 Å². The number of carbonyl (C=O) groups excluding carboxylic acids is 3. The third-order valence-corrected chi connectivity index (χ3v) is 8.61. The van der Waals surface area contributed by atoms with Gasteiger partial charge < -0.3 is 25.2 Å². The Morgan fingerprint density at radius 2 is 1.67 bits per heavy atom. The number of nitrogens with two attached hydrogens (primary N) is 1. The van der Waals surface area contributed by atoms with Gasteiger partial charge in [0.05, 0.1) is 43.1 Å². The van der Waals surface area contributed by atoms with E-state index in [2.05, 4.69) is 4.90 Å². The molecule has 1 fully saturated rings. The van der Waals surface area contributed by atoms with E-state index >= 15 is 0 Å². The highest BCUT2D eigenvalue weighted by Gasteiger charge is 2.28. The summed E-state index contributed by atoms with van der Waals surface area (Å²) in [6.45, 7) is 3.24. The van der Waals surface area contributed by atoms with E-state index in [1.54, 1.807) is 60.1 Å². The van der Waals surface area contributed by atoms with Gasteiger partial charge in [-0.1, -0.05) is 42.5 Å². The minimum atomic E-state index is -0.555. The Labute approximate surface area is 263 Å². The molecular formula is C32H39Cl2N5O4. The number of benzene rings is 2. The predicted octanol–water partition coefficient (Wildman–Crippen LogP) is 3.34. The van der Waals surface area contributed by atoms with Gasteiger partial charge in [0.1, 0.15) is 0 Å². The van der Waals surface area contributed by atoms with Crippen molar-refractivity contribution in [1.82, 2.24) is 19.6 Å². The molecular weight excluding hydrogens is 589 g/mol. The second kappa shape index (κ2) is 14.9. The van der Waals surface area contributed by atoms with Gasteiger partial charge in [0, 0.05) is 52.0 Å². The van der Waals surface area contributed by atoms with Crippen molar-refractivity contribution in [2.75, 3.05) is 67.1 Å². The van der Waals surface area contributed by atoms with Crippen molar-refractivity contribution in [3.63, 3.8) is 0 Å². The fourth-order valence-electron chi connectivity index (χ4n) is 5.16. The maximum atomic E-state index is 13.8. The number of alkyl halides is 2. The van der Waals surface area contributed by atoms with Crippen molar-refractivity contribution in [2.24, 2.45) is 5.73 Å². The second-order valence-corrected chi connectivity index (χ2v) is 12.0. The van der Waals surface area contributed by atoms with Crippen LogP contribution < -0.4 is 5.73 Å². The van der Waals surface area contributed by atoms with E-state index in [0.717, 1.165) is 29.8 Å². The zero-order valence-electron chi connectivity index (χ0n) is 24.8. The lowest BCUT2D eigenvalue weighted by Gasteiger charge is -2.36. The molecule has 1 heterocycles. The van der Waals surface area contributed by atoms with E-state index < -0.39 is 11.3 Å². The zero-order valence-corrected chi connectivity index (χ0v) is 26.3. The highest BCUT2D eigenvalue weighted by atomic mass is 35.5. The summed E-state index contributed by atoms with van der Waals surface area (Å²) in [6, 6.07) is 15.4. The molecule has 3 unspecified atom stereocenters. The quantitative estimate of drug-likeness (QED) is 0.384. The zero-order chi connectivity index (χ0) is 31.1. The van der Waals surface area contributed by atoms with Crippen LogP contribution in [0, 0.1) is 0 Å². The lowest BCUT2D eigenvalue weighted by atomic mass is 9.98. The maximum Gasteiger partial charge on any atom is 0.253 e. The summed E-state index contributed by atoms with van der Waals surface area (Å²) in [5.74, 6) is -0.786. The molecule has 1 saturated heterocycles. The Balaban J connectivity index is 1.58. The molecule has 0 aromatic heterocycles. The Kier molecular flexibility index (Phi) is 11.3. The average molecular weight is 629 g/mol. The van der Waals surface area contributed by atoms with Crippen LogP contribution in [0.25, 0.3) is 11.1 Å². The first-order chi connectivity index (χ1) is 20.5. The number of amides is 3. The average Bonchev–Trinajstić information content (AvgIpc) is 3.00. The van der Waals surface area contributed by atoms with Crippen LogP contribution in [-0.4, -0.2) is 115 Å². The maximum absolute atomic E-state index is 13.8. The topological polar surface area (TPSA) is 99.4 Å². The number of nitrogens with zero attached hydrogens (tertiary/aromatic N) is 4. The van der Waals surface area contributed by atoms with Crippen LogP contribution in [0.5, 0.6) is 0 Å². The van der Waals surface area contributed by atoms with Gasteiger partial charge in [-0.2, -0.15) is 0 Å². The van der Waals surface area contributed by atoms with Gasteiger partial charge in [0.15, 0.2) is 0 Å². The number of likely N-dealkylation sites (N-methyl/N-ethyl adjacent to an activating group) is 1. The van der Waals surface area contributed by atoms with Gasteiger partial charge in [-0.3, -0.25) is 19.3 Å². The third-order valence-electron chi connectivity index (χ3n) is 7.66. The largest absolute Gasteiger partial charge is 0.379 e. The molecule has 1 aliphatic heterocycles. The van der Waals surface area contributed by atoms with Crippen LogP contribution in [0.4, 0.5) is 0 Å². The number of hydrogen-bond donors (Lipinski definition) is 1. The molecule has 2 N–H and O–H groups in total. The van der Waals surface area contributed by atoms with Gasteiger partial charge in [-0.15, -0.1) is 23.2 Å². The summed E-state index contributed by atoms with van der Waals surface area (Å²) in [5, 5.41) is -0.852. The first-order valence-electron chi connectivity index (χ1n) is 14.2. The molecule has 2 aromatic rings. The summed E-state index contributed by atoms with van der Waals surface area (Å²) >= 11 is 12.5. The first kappa shape index (κ1) is 32.5. The van der Waals surface area contributed by atoms with Crippen molar-refractivity contribution in [3.8, 4) is 11.1 Å². The first-order valence-corrected chi connectivity index (χ1v) is 15.1. The Bertz CT molecular complexity index is 1360. The Morgan fingerprint density at radius 3 is 2.30 bits per heavy atom. The number of allylic oxidation sites excluding steroid dienone is 3. The van der Waals surface area contributed by atoms with Gasteiger partial charge >= 0.3 is 0 Å². The minimum absolute atomic E-state index is 0.0573. The molecule has 0 saturated carbocycles. The Morgan fingerprint density at radius 1 is 0.977 bits per heavy atom. The van der Waals surface area contributed by atoms with Crippen molar-refractivity contribution in [2.45, 2.75) is 16.8 Å². The Hall–Kier alpha value is -3.37. The van der Waals surface area contributed by atoms with E-state index in [0.29, 0.717) is 31.0 Å². The molecule has 43 heavy (non-hydrogen) atoms. The van der Waals surface area contributed by atoms with Crippen molar-refractivity contribution < 1.29 is 19.1 Å². The number of morpholine rings is 1. The molecule has 0 radical (unpaired) electrons. The number of rotatable bonds is 11. The molecule has 2 aromatic carbocycles. The van der Waals surface area contributed by atoms with Gasteiger partial charge in [0.2, 0.25) is 11.8 Å². The fraction of sp³-hybridized carbons (Fsp3) is 0.406. The molecule has 4 rings (SSSR count). The molecule has 3 amide bonds. The molecule has 2 aliphatic rings. The van der Waals surface area contributed by atoms with E-state index in [4.69, 9.17) is 33.7 Å². The monoisotopic (exact) mass is 627 g/mol. The molecule has 1 aliphatic carbocycles. The molecule has 0 bridgehead atoms. The summed E-state index contributed by atoms with van der Waals surface area (Å²) < 4.78 is 5.54. The predicted molar refractivity (Wildman–Crippen MR) is 170 cm³/mol. The van der Waals surface area contributed by atoms with Crippen molar-refractivity contribution in [1.29, 1.82) is 0 Å². The van der Waals surface area contributed by atoms with E-state index in [9.17, 15) is 14.4 Å². The highest BCUT2D eigenvalue weighted by Crippen LogP contribution is 2.28. The SMILES string of the molecule is CN(C)C(=O)c1cccc(-c2ccc(C(CN3CCOCC3)N(C)C(=O)CN(CC(N)=O)C3=CC(Cl)C(Cl)C=C3)cc2)c1. The number of primary amides is 1. The number of ether oxygens (including phenoxy) is 1. The van der Waals surface area contributed by atoms with Crippen LogP contribution in [0.1, 0.15) is 22.0 Å². The number of carbonyl (C=O) groups is 3. The molecule has 0 spiro atoms. The van der Waals surface area contributed by atoms with Crippen LogP contribution in [0.15, 0.2) is 72.5 Å². The highest BCUT2D eigenvalue weighted by molar-refractivity contribution is 6.31. The molecule has 11 heteroatoms. The summed E-state index contributed by atoms with van der Waals surface area (Å²) in [4.78, 5) is 45.4. The summed E-state index contributed by atoms with van der Waals surface area (Å²) in [6.07, 6.45) is 5.24. The van der Waals surface area contributed by atoms with E-state index in [-0.39, 0.29) is 36.3 Å². The van der Waals surface area contributed by atoms with Crippen LogP contribution >= 0.6 is 23.2 Å².